The first kappa shape index (κ1) is 19.2. The molecule has 0 spiro atoms. The predicted molar refractivity (Wildman–Crippen MR) is 91.9 cm³/mol. The van der Waals surface area contributed by atoms with Gasteiger partial charge in [-0.05, 0) is 42.9 Å². The van der Waals surface area contributed by atoms with Crippen molar-refractivity contribution in [3.63, 3.8) is 0 Å². The van der Waals surface area contributed by atoms with Crippen molar-refractivity contribution in [2.45, 2.75) is 83.0 Å². The van der Waals surface area contributed by atoms with Gasteiger partial charge in [0.25, 0.3) is 10.1 Å². The van der Waals surface area contributed by atoms with E-state index in [-0.39, 0.29) is 4.90 Å². The molecule has 3 nitrogen and oxygen atoms in total. The second-order valence-corrected chi connectivity index (χ2v) is 7.38. The quantitative estimate of drug-likeness (QED) is 0.450. The molecule has 0 heterocycles. The summed E-state index contributed by atoms with van der Waals surface area (Å²) in [6.07, 6.45) is 10.7. The lowest BCUT2D eigenvalue weighted by atomic mass is 9.96. The number of benzene rings is 1. The zero-order valence-electron chi connectivity index (χ0n) is 14.0. The Morgan fingerprint density at radius 3 is 2.00 bits per heavy atom. The number of hydrogen-bond donors (Lipinski definition) is 1. The van der Waals surface area contributed by atoms with Crippen molar-refractivity contribution in [2.75, 3.05) is 0 Å². The van der Waals surface area contributed by atoms with Gasteiger partial charge in [0.05, 0.1) is 4.90 Å². The second kappa shape index (κ2) is 10.0. The first-order valence-electron chi connectivity index (χ1n) is 8.59. The molecule has 0 bridgehead atoms. The van der Waals surface area contributed by atoms with Gasteiger partial charge in [0.2, 0.25) is 0 Å². The highest BCUT2D eigenvalue weighted by atomic mass is 32.2. The second-order valence-electron chi connectivity index (χ2n) is 5.99. The molecular formula is C18H30O3S. The zero-order valence-corrected chi connectivity index (χ0v) is 14.8. The normalized spacial score (nSPS) is 11.8. The van der Waals surface area contributed by atoms with E-state index in [4.69, 9.17) is 0 Å². The first-order valence-corrected chi connectivity index (χ1v) is 10.0. The maximum absolute atomic E-state index is 11.6. The van der Waals surface area contributed by atoms with Gasteiger partial charge in [0, 0.05) is 0 Å². The van der Waals surface area contributed by atoms with Crippen LogP contribution in [-0.2, 0) is 23.0 Å². The van der Waals surface area contributed by atoms with Crippen molar-refractivity contribution >= 4 is 10.1 Å². The molecule has 1 N–H and O–H groups in total. The van der Waals surface area contributed by atoms with E-state index in [0.717, 1.165) is 49.7 Å². The van der Waals surface area contributed by atoms with E-state index in [0.29, 0.717) is 0 Å². The van der Waals surface area contributed by atoms with Gasteiger partial charge in [0.1, 0.15) is 0 Å². The van der Waals surface area contributed by atoms with Crippen LogP contribution in [0.2, 0.25) is 0 Å². The summed E-state index contributed by atoms with van der Waals surface area (Å²) in [6.45, 7) is 4.34. The van der Waals surface area contributed by atoms with Crippen molar-refractivity contribution in [1.29, 1.82) is 0 Å². The highest BCUT2D eigenvalue weighted by molar-refractivity contribution is 7.85. The van der Waals surface area contributed by atoms with Crippen LogP contribution in [0.4, 0.5) is 0 Å². The molecule has 0 aliphatic carbocycles. The number of hydrogen-bond acceptors (Lipinski definition) is 2. The maximum Gasteiger partial charge on any atom is 0.294 e. The van der Waals surface area contributed by atoms with Gasteiger partial charge in [-0.3, -0.25) is 4.55 Å². The summed E-state index contributed by atoms with van der Waals surface area (Å²) in [4.78, 5) is 0.108. The fraction of sp³-hybridized carbons (Fsp3) is 0.667. The van der Waals surface area contributed by atoms with E-state index in [1.807, 2.05) is 6.07 Å². The minimum atomic E-state index is -4.13. The zero-order chi connectivity index (χ0) is 16.4. The van der Waals surface area contributed by atoms with Crippen molar-refractivity contribution in [1.82, 2.24) is 0 Å². The van der Waals surface area contributed by atoms with Gasteiger partial charge in [0.15, 0.2) is 0 Å². The molecule has 126 valence electrons. The SMILES string of the molecule is CCCCCCc1cccc(S(=O)(=O)O)c1CCCCCC. The van der Waals surface area contributed by atoms with Crippen molar-refractivity contribution in [3.05, 3.63) is 29.3 Å². The molecule has 0 saturated heterocycles. The van der Waals surface area contributed by atoms with Gasteiger partial charge in [-0.25, -0.2) is 0 Å². The van der Waals surface area contributed by atoms with Crippen LogP contribution in [0.1, 0.15) is 76.3 Å². The third-order valence-corrected chi connectivity index (χ3v) is 5.03. The third-order valence-electron chi connectivity index (χ3n) is 4.09. The van der Waals surface area contributed by atoms with Gasteiger partial charge >= 0.3 is 0 Å². The fourth-order valence-corrected chi connectivity index (χ4v) is 3.64. The van der Waals surface area contributed by atoms with Crippen LogP contribution in [0.25, 0.3) is 0 Å². The van der Waals surface area contributed by atoms with Gasteiger partial charge in [-0.2, -0.15) is 8.42 Å². The average Bonchev–Trinajstić information content (AvgIpc) is 2.47. The van der Waals surface area contributed by atoms with Gasteiger partial charge < -0.3 is 0 Å². The Labute approximate surface area is 135 Å². The van der Waals surface area contributed by atoms with E-state index in [1.165, 1.54) is 31.7 Å². The Balaban J connectivity index is 2.88. The van der Waals surface area contributed by atoms with Crippen molar-refractivity contribution in [3.8, 4) is 0 Å². The number of rotatable bonds is 11. The van der Waals surface area contributed by atoms with Crippen LogP contribution in [0.3, 0.4) is 0 Å². The molecule has 1 aromatic carbocycles. The summed E-state index contributed by atoms with van der Waals surface area (Å²) in [6, 6.07) is 5.28. The monoisotopic (exact) mass is 326 g/mol. The van der Waals surface area contributed by atoms with Crippen LogP contribution in [0, 0.1) is 0 Å². The molecule has 0 atom stereocenters. The number of unbranched alkanes of at least 4 members (excludes halogenated alkanes) is 6. The summed E-state index contributed by atoms with van der Waals surface area (Å²) in [5, 5.41) is 0. The molecule has 0 aromatic heterocycles. The average molecular weight is 327 g/mol. The Hall–Kier alpha value is -0.870. The van der Waals surface area contributed by atoms with E-state index in [2.05, 4.69) is 13.8 Å². The molecule has 1 aromatic rings. The molecule has 0 amide bonds. The van der Waals surface area contributed by atoms with E-state index >= 15 is 0 Å². The molecular weight excluding hydrogens is 296 g/mol. The van der Waals surface area contributed by atoms with Crippen LogP contribution < -0.4 is 0 Å². The van der Waals surface area contributed by atoms with Crippen LogP contribution in [0.15, 0.2) is 23.1 Å². The third kappa shape index (κ3) is 6.49. The van der Waals surface area contributed by atoms with Crippen molar-refractivity contribution < 1.29 is 13.0 Å². The molecule has 1 rings (SSSR count). The molecule has 0 unspecified atom stereocenters. The molecule has 4 heteroatoms. The first-order chi connectivity index (χ1) is 10.5. The summed E-state index contributed by atoms with van der Waals surface area (Å²) >= 11 is 0. The standard InChI is InChI=1S/C18H30O3S/c1-3-5-7-9-12-16-13-11-15-18(22(19,20)21)17(16)14-10-8-6-4-2/h11,13,15H,3-10,12,14H2,1-2H3,(H,19,20,21). The van der Waals surface area contributed by atoms with Gasteiger partial charge in [-0.15, -0.1) is 0 Å². The number of aryl methyl sites for hydroxylation is 1. The lowest BCUT2D eigenvalue weighted by Gasteiger charge is -2.13. The Bertz CT molecular complexity index is 535. The summed E-state index contributed by atoms with van der Waals surface area (Å²) in [7, 11) is -4.13. The Kier molecular flexibility index (Phi) is 8.72. The highest BCUT2D eigenvalue weighted by Gasteiger charge is 2.17. The lowest BCUT2D eigenvalue weighted by molar-refractivity contribution is 0.481. The topological polar surface area (TPSA) is 54.4 Å². The Morgan fingerprint density at radius 1 is 0.864 bits per heavy atom. The van der Waals surface area contributed by atoms with E-state index in [1.54, 1.807) is 6.07 Å². The molecule has 0 fully saturated rings. The molecule has 0 saturated carbocycles. The van der Waals surface area contributed by atoms with E-state index in [9.17, 15) is 13.0 Å². The lowest BCUT2D eigenvalue weighted by Crippen LogP contribution is -2.07. The molecule has 0 aliphatic heterocycles. The van der Waals surface area contributed by atoms with Crippen LogP contribution >= 0.6 is 0 Å². The van der Waals surface area contributed by atoms with E-state index < -0.39 is 10.1 Å². The molecule has 0 aliphatic rings. The minimum absolute atomic E-state index is 0.108. The summed E-state index contributed by atoms with van der Waals surface area (Å²) in [5.74, 6) is 0. The maximum atomic E-state index is 11.6. The smallest absolute Gasteiger partial charge is 0.282 e. The molecule has 0 radical (unpaired) electrons. The highest BCUT2D eigenvalue weighted by Crippen LogP contribution is 2.24. The van der Waals surface area contributed by atoms with Crippen molar-refractivity contribution in [2.24, 2.45) is 0 Å². The molecule has 22 heavy (non-hydrogen) atoms. The minimum Gasteiger partial charge on any atom is -0.282 e. The summed E-state index contributed by atoms with van der Waals surface area (Å²) < 4.78 is 32.7. The van der Waals surface area contributed by atoms with Crippen LogP contribution in [-0.4, -0.2) is 13.0 Å². The Morgan fingerprint density at radius 2 is 1.45 bits per heavy atom. The van der Waals surface area contributed by atoms with Crippen LogP contribution in [0.5, 0.6) is 0 Å². The van der Waals surface area contributed by atoms with Gasteiger partial charge in [-0.1, -0.05) is 64.5 Å². The summed E-state index contributed by atoms with van der Waals surface area (Å²) in [5.41, 5.74) is 1.92. The predicted octanol–water partition coefficient (Wildman–Crippen LogP) is 5.18. The fourth-order valence-electron chi connectivity index (χ4n) is 2.84. The largest absolute Gasteiger partial charge is 0.294 e.